The van der Waals surface area contributed by atoms with E-state index >= 15 is 0 Å². The largest absolute Gasteiger partial charge is 0.495 e. The molecule has 0 aliphatic carbocycles. The maximum Gasteiger partial charge on any atom is 0.250 e. The molecule has 2 heterocycles. The molecule has 2 aliphatic rings. The average molecular weight is 430 g/mol. The van der Waals surface area contributed by atoms with Gasteiger partial charge >= 0.3 is 0 Å². The first-order valence-corrected chi connectivity index (χ1v) is 10.2. The van der Waals surface area contributed by atoms with Crippen molar-refractivity contribution in [3.05, 3.63) is 52.5 Å². The third-order valence-corrected chi connectivity index (χ3v) is 6.18. The average Bonchev–Trinajstić information content (AvgIpc) is 3.23. The lowest BCUT2D eigenvalue weighted by molar-refractivity contribution is -0.130. The number of nitrogens with one attached hydrogen (secondary N) is 3. The van der Waals surface area contributed by atoms with Gasteiger partial charge in [0.25, 0.3) is 0 Å². The van der Waals surface area contributed by atoms with Crippen molar-refractivity contribution >= 4 is 34.8 Å². The Balaban J connectivity index is 1.76. The predicted octanol–water partition coefficient (Wildman–Crippen LogP) is 2.80. The summed E-state index contributed by atoms with van der Waals surface area (Å²) in [4.78, 5) is 26.7. The summed E-state index contributed by atoms with van der Waals surface area (Å²) in [5.74, 6) is -0.934. The molecule has 2 aliphatic heterocycles. The lowest BCUT2D eigenvalue weighted by Gasteiger charge is -2.29. The number of carbonyl (C=O) groups excluding carboxylic acids is 2. The molecule has 2 aromatic carbocycles. The smallest absolute Gasteiger partial charge is 0.250 e. The predicted molar refractivity (Wildman–Crippen MR) is 115 cm³/mol. The number of hydrogen-bond donors (Lipinski definition) is 4. The number of aliphatic hydroxyl groups is 1. The quantitative estimate of drug-likeness (QED) is 0.599. The highest BCUT2D eigenvalue weighted by molar-refractivity contribution is 6.31. The van der Waals surface area contributed by atoms with Crippen LogP contribution >= 0.6 is 11.6 Å². The minimum absolute atomic E-state index is 0.299. The summed E-state index contributed by atoms with van der Waals surface area (Å²) in [6, 6.07) is 10.2. The maximum atomic E-state index is 13.5. The van der Waals surface area contributed by atoms with Gasteiger partial charge in [0.15, 0.2) is 0 Å². The van der Waals surface area contributed by atoms with E-state index in [0.717, 1.165) is 5.56 Å². The van der Waals surface area contributed by atoms with Crippen molar-refractivity contribution in [1.82, 2.24) is 5.32 Å². The highest BCUT2D eigenvalue weighted by atomic mass is 35.5. The third-order valence-electron chi connectivity index (χ3n) is 5.95. The van der Waals surface area contributed by atoms with Gasteiger partial charge < -0.3 is 20.5 Å². The van der Waals surface area contributed by atoms with Crippen LogP contribution in [0.15, 0.2) is 36.4 Å². The summed E-state index contributed by atoms with van der Waals surface area (Å²) in [6.45, 7) is 3.58. The molecule has 8 heteroatoms. The summed E-state index contributed by atoms with van der Waals surface area (Å²) in [5.41, 5.74) is 1.52. The van der Waals surface area contributed by atoms with Crippen molar-refractivity contribution in [1.29, 1.82) is 0 Å². The summed E-state index contributed by atoms with van der Waals surface area (Å²) < 4.78 is 5.33. The van der Waals surface area contributed by atoms with Gasteiger partial charge in [-0.3, -0.25) is 14.9 Å². The van der Waals surface area contributed by atoms with Gasteiger partial charge in [0.1, 0.15) is 11.3 Å². The van der Waals surface area contributed by atoms with Crippen LogP contribution in [0.2, 0.25) is 5.02 Å². The summed E-state index contributed by atoms with van der Waals surface area (Å²) >= 11 is 6.09. The van der Waals surface area contributed by atoms with Gasteiger partial charge in [0.05, 0.1) is 24.8 Å². The van der Waals surface area contributed by atoms with Crippen molar-refractivity contribution in [2.45, 2.75) is 38.0 Å². The van der Waals surface area contributed by atoms with Crippen LogP contribution in [-0.2, 0) is 15.1 Å². The minimum Gasteiger partial charge on any atom is -0.495 e. The van der Waals surface area contributed by atoms with Gasteiger partial charge in [-0.05, 0) is 44.5 Å². The molecule has 7 nitrogen and oxygen atoms in total. The molecular formula is C22H24ClN3O4. The van der Waals surface area contributed by atoms with Crippen molar-refractivity contribution in [3.63, 3.8) is 0 Å². The van der Waals surface area contributed by atoms with Crippen LogP contribution in [0, 0.1) is 12.8 Å². The fraction of sp³-hybridized carbons (Fsp3) is 0.364. The number of rotatable bonds is 4. The first kappa shape index (κ1) is 20.7. The van der Waals surface area contributed by atoms with Crippen LogP contribution in [0.4, 0.5) is 11.4 Å². The second-order valence-electron chi connectivity index (χ2n) is 7.92. The monoisotopic (exact) mass is 429 g/mol. The highest BCUT2D eigenvalue weighted by Crippen LogP contribution is 2.48. The number of hydrogen-bond acceptors (Lipinski definition) is 5. The normalized spacial score (nSPS) is 25.7. The number of carbonyl (C=O) groups is 2. The van der Waals surface area contributed by atoms with E-state index in [2.05, 4.69) is 16.0 Å². The van der Waals surface area contributed by atoms with Gasteiger partial charge in [-0.2, -0.15) is 0 Å². The molecule has 0 unspecified atom stereocenters. The second-order valence-corrected chi connectivity index (χ2v) is 8.36. The van der Waals surface area contributed by atoms with E-state index in [0.29, 0.717) is 34.1 Å². The number of methoxy groups -OCH3 is 1. The first-order valence-electron chi connectivity index (χ1n) is 9.79. The number of amides is 2. The van der Waals surface area contributed by atoms with Crippen LogP contribution in [-0.4, -0.2) is 36.2 Å². The van der Waals surface area contributed by atoms with E-state index in [1.165, 1.54) is 7.11 Å². The zero-order chi connectivity index (χ0) is 21.6. The van der Waals surface area contributed by atoms with Crippen LogP contribution < -0.4 is 20.7 Å². The topological polar surface area (TPSA) is 99.7 Å². The SMILES string of the molecule is COc1ccc(Cl)cc1NC(=O)[C@@H]1C[C@H]([C@H](C)O)N[C@@]12C(=O)Nc1ccc(C)cc12. The van der Waals surface area contributed by atoms with Gasteiger partial charge in [-0.1, -0.05) is 29.3 Å². The Kier molecular flexibility index (Phi) is 5.22. The van der Waals surface area contributed by atoms with E-state index in [9.17, 15) is 14.7 Å². The standard InChI is InChI=1S/C22H24ClN3O4/c1-11-4-6-16-14(8-11)22(21(29)25-16)15(10-17(26-22)12(2)27)20(28)24-18-9-13(23)5-7-19(18)30-3/h4-9,12,15,17,26-27H,10H2,1-3H3,(H,24,28)(H,25,29)/t12-,15-,17+,22+/m0/s1. The number of aryl methyl sites for hydroxylation is 1. The Labute approximate surface area is 179 Å². The van der Waals surface area contributed by atoms with Crippen molar-refractivity contribution < 1.29 is 19.4 Å². The Morgan fingerprint density at radius 3 is 2.80 bits per heavy atom. The summed E-state index contributed by atoms with van der Waals surface area (Å²) in [5, 5.41) is 19.7. The molecule has 4 N–H and O–H groups in total. The zero-order valence-corrected chi connectivity index (χ0v) is 17.7. The first-order chi connectivity index (χ1) is 14.3. The fourth-order valence-corrected chi connectivity index (χ4v) is 4.60. The Bertz CT molecular complexity index is 1030. The van der Waals surface area contributed by atoms with Crippen LogP contribution in [0.25, 0.3) is 0 Å². The van der Waals surface area contributed by atoms with E-state index in [-0.39, 0.29) is 11.8 Å². The number of anilines is 2. The molecule has 1 fully saturated rings. The number of halogens is 1. The lowest BCUT2D eigenvalue weighted by atomic mass is 9.79. The molecule has 1 saturated heterocycles. The molecule has 0 aromatic heterocycles. The van der Waals surface area contributed by atoms with Gasteiger partial charge in [-0.25, -0.2) is 0 Å². The third kappa shape index (κ3) is 3.23. The fourth-order valence-electron chi connectivity index (χ4n) is 4.43. The Hall–Kier alpha value is -2.61. The van der Waals surface area contributed by atoms with Gasteiger partial charge in [0.2, 0.25) is 11.8 Å². The van der Waals surface area contributed by atoms with Crippen LogP contribution in [0.3, 0.4) is 0 Å². The summed E-state index contributed by atoms with van der Waals surface area (Å²) in [7, 11) is 1.50. The van der Waals surface area contributed by atoms with Crippen molar-refractivity contribution in [2.24, 2.45) is 5.92 Å². The molecule has 1 spiro atoms. The minimum atomic E-state index is -1.26. The highest BCUT2D eigenvalue weighted by Gasteiger charge is 2.60. The van der Waals surface area contributed by atoms with Crippen LogP contribution in [0.1, 0.15) is 24.5 Å². The van der Waals surface area contributed by atoms with Gasteiger partial charge in [-0.15, -0.1) is 0 Å². The molecule has 158 valence electrons. The molecule has 4 rings (SSSR count). The maximum absolute atomic E-state index is 13.5. The number of fused-ring (bicyclic) bond motifs is 2. The van der Waals surface area contributed by atoms with E-state index < -0.39 is 23.6 Å². The molecule has 2 amide bonds. The molecule has 0 bridgehead atoms. The van der Waals surface area contributed by atoms with Crippen LogP contribution in [0.5, 0.6) is 5.75 Å². The van der Waals surface area contributed by atoms with E-state index in [1.807, 2.05) is 25.1 Å². The Morgan fingerprint density at radius 1 is 1.33 bits per heavy atom. The molecular weight excluding hydrogens is 406 g/mol. The molecule has 4 atom stereocenters. The van der Waals surface area contributed by atoms with Crippen molar-refractivity contribution in [2.75, 3.05) is 17.7 Å². The number of aliphatic hydroxyl groups excluding tert-OH is 1. The van der Waals surface area contributed by atoms with E-state index in [4.69, 9.17) is 16.3 Å². The van der Waals surface area contributed by atoms with E-state index in [1.54, 1.807) is 25.1 Å². The number of ether oxygens (including phenoxy) is 1. The summed E-state index contributed by atoms with van der Waals surface area (Å²) in [6.07, 6.45) is -0.435. The zero-order valence-electron chi connectivity index (χ0n) is 17.0. The van der Waals surface area contributed by atoms with Crippen molar-refractivity contribution in [3.8, 4) is 5.75 Å². The number of benzene rings is 2. The second kappa shape index (κ2) is 7.58. The lowest BCUT2D eigenvalue weighted by Crippen LogP contribution is -2.53. The molecule has 2 aromatic rings. The molecule has 30 heavy (non-hydrogen) atoms. The van der Waals surface area contributed by atoms with Gasteiger partial charge in [0, 0.05) is 22.3 Å². The Morgan fingerprint density at radius 2 is 2.10 bits per heavy atom. The molecule has 0 radical (unpaired) electrons. The molecule has 0 saturated carbocycles.